The lowest BCUT2D eigenvalue weighted by atomic mass is 10.1. The zero-order chi connectivity index (χ0) is 25.4. The maximum atomic E-state index is 14.0. The Kier molecular flexibility index (Phi) is 6.16. The van der Waals surface area contributed by atoms with Gasteiger partial charge in [-0.2, -0.15) is 0 Å². The van der Waals surface area contributed by atoms with E-state index in [-0.39, 0.29) is 6.04 Å². The van der Waals surface area contributed by atoms with Crippen LogP contribution in [0.3, 0.4) is 0 Å². The first-order valence-electron chi connectivity index (χ1n) is 10.9. The van der Waals surface area contributed by atoms with E-state index in [1.54, 1.807) is 23.7 Å². The van der Waals surface area contributed by atoms with Crippen molar-refractivity contribution in [1.82, 2.24) is 19.9 Å². The first-order valence-corrected chi connectivity index (χ1v) is 13.3. The number of nitrogens with zero attached hydrogens (tertiary/aromatic N) is 3. The maximum Gasteiger partial charge on any atom is 0.240 e. The van der Waals surface area contributed by atoms with Gasteiger partial charge in [0, 0.05) is 40.8 Å². The molecule has 0 saturated carbocycles. The van der Waals surface area contributed by atoms with Gasteiger partial charge in [0.2, 0.25) is 10.0 Å². The summed E-state index contributed by atoms with van der Waals surface area (Å²) in [5, 5.41) is 11.9. The smallest absolute Gasteiger partial charge is 0.240 e. The number of hydrogen-bond acceptors (Lipinski definition) is 8. The Hall–Kier alpha value is -3.87. The molecular weight excluding hydrogens is 501 g/mol. The molecule has 0 fully saturated rings. The van der Waals surface area contributed by atoms with E-state index in [9.17, 15) is 12.8 Å². The van der Waals surface area contributed by atoms with Crippen molar-refractivity contribution in [1.29, 1.82) is 0 Å². The number of thiazole rings is 1. The number of halogens is 1. The molecule has 9 nitrogen and oxygen atoms in total. The van der Waals surface area contributed by atoms with Crippen molar-refractivity contribution in [3.63, 3.8) is 0 Å². The van der Waals surface area contributed by atoms with Crippen molar-refractivity contribution in [2.75, 3.05) is 10.6 Å². The number of primary sulfonamides is 1. The second kappa shape index (κ2) is 9.30. The molecule has 3 heterocycles. The zero-order valence-electron chi connectivity index (χ0n) is 19.3. The summed E-state index contributed by atoms with van der Waals surface area (Å²) >= 11 is 1.57. The number of nitrogens with one attached hydrogen (secondary N) is 3. The third-order valence-electron chi connectivity index (χ3n) is 5.33. The van der Waals surface area contributed by atoms with E-state index in [0.29, 0.717) is 22.9 Å². The van der Waals surface area contributed by atoms with Crippen molar-refractivity contribution in [2.24, 2.45) is 5.14 Å². The highest BCUT2D eigenvalue weighted by molar-refractivity contribution is 7.89. The van der Waals surface area contributed by atoms with Crippen LogP contribution in [-0.4, -0.2) is 34.4 Å². The van der Waals surface area contributed by atoms with Gasteiger partial charge in [0.25, 0.3) is 0 Å². The third kappa shape index (κ3) is 4.91. The average molecular weight is 524 g/mol. The summed E-state index contributed by atoms with van der Waals surface area (Å²) in [6.07, 6.45) is 3.33. The summed E-state index contributed by atoms with van der Waals surface area (Å²) in [6.45, 7) is 4.06. The Morgan fingerprint density at radius 1 is 1.06 bits per heavy atom. The highest BCUT2D eigenvalue weighted by Crippen LogP contribution is 2.32. The van der Waals surface area contributed by atoms with Crippen LogP contribution in [0.4, 0.5) is 21.6 Å². The van der Waals surface area contributed by atoms with Crippen LogP contribution in [0.25, 0.3) is 32.9 Å². The minimum absolute atomic E-state index is 0.143. The number of fused-ring (bicyclic) bond motifs is 1. The van der Waals surface area contributed by atoms with E-state index >= 15 is 0 Å². The minimum atomic E-state index is -4.22. The van der Waals surface area contributed by atoms with Gasteiger partial charge < -0.3 is 15.6 Å². The largest absolute Gasteiger partial charge is 0.382 e. The summed E-state index contributed by atoms with van der Waals surface area (Å²) in [6, 6.07) is 11.6. The van der Waals surface area contributed by atoms with Gasteiger partial charge in [-0.3, -0.25) is 0 Å². The van der Waals surface area contributed by atoms with Gasteiger partial charge in [0.05, 0.1) is 27.6 Å². The van der Waals surface area contributed by atoms with Crippen LogP contribution in [0.5, 0.6) is 0 Å². The number of hydrogen-bond donors (Lipinski definition) is 4. The number of benzene rings is 2. The molecule has 3 aromatic heterocycles. The Morgan fingerprint density at radius 3 is 2.67 bits per heavy atom. The normalized spacial score (nSPS) is 11.8. The molecule has 0 spiro atoms. The average Bonchev–Trinajstić information content (AvgIpc) is 3.48. The number of aromatic nitrogens is 4. The predicted octanol–water partition coefficient (Wildman–Crippen LogP) is 5.10. The van der Waals surface area contributed by atoms with E-state index in [2.05, 4.69) is 30.6 Å². The molecule has 0 unspecified atom stereocenters. The van der Waals surface area contributed by atoms with Crippen LogP contribution < -0.4 is 15.8 Å². The van der Waals surface area contributed by atoms with Crippen LogP contribution >= 0.6 is 11.3 Å². The molecule has 0 saturated heterocycles. The molecule has 5 N–H and O–H groups in total. The second-order valence-electron chi connectivity index (χ2n) is 8.41. The van der Waals surface area contributed by atoms with E-state index < -0.39 is 20.7 Å². The maximum absolute atomic E-state index is 14.0. The molecule has 2 aromatic carbocycles. The fraction of sp³-hybridized carbons (Fsp3) is 0.125. The molecule has 0 aliphatic heterocycles. The molecule has 5 aromatic rings. The van der Waals surface area contributed by atoms with Crippen LogP contribution in [0.1, 0.15) is 13.8 Å². The Labute approximate surface area is 210 Å². The van der Waals surface area contributed by atoms with Crippen LogP contribution in [0, 0.1) is 5.82 Å². The van der Waals surface area contributed by atoms with Crippen molar-refractivity contribution in [2.45, 2.75) is 24.8 Å². The lowest BCUT2D eigenvalue weighted by Crippen LogP contribution is -2.14. The van der Waals surface area contributed by atoms with Crippen LogP contribution in [-0.2, 0) is 10.0 Å². The molecule has 184 valence electrons. The molecule has 0 amide bonds. The molecular formula is C24H22FN7O2S2. The van der Waals surface area contributed by atoms with Gasteiger partial charge in [-0.25, -0.2) is 32.9 Å². The van der Waals surface area contributed by atoms with E-state index in [1.807, 2.05) is 43.6 Å². The zero-order valence-corrected chi connectivity index (χ0v) is 20.9. The fourth-order valence-corrected chi connectivity index (χ4v) is 5.07. The molecule has 0 aliphatic rings. The number of pyridine rings is 1. The first-order chi connectivity index (χ1) is 17.2. The number of anilines is 3. The van der Waals surface area contributed by atoms with Gasteiger partial charge in [-0.1, -0.05) is 0 Å². The number of aromatic amines is 1. The van der Waals surface area contributed by atoms with E-state index in [1.165, 1.54) is 6.07 Å². The number of sulfonamides is 1. The summed E-state index contributed by atoms with van der Waals surface area (Å²) in [5.74, 6) is 0.102. The molecule has 5 rings (SSSR count). The summed E-state index contributed by atoms with van der Waals surface area (Å²) in [7, 11) is -4.22. The third-order valence-corrected chi connectivity index (χ3v) is 7.05. The fourth-order valence-electron chi connectivity index (χ4n) is 3.72. The topological polar surface area (TPSA) is 139 Å². The minimum Gasteiger partial charge on any atom is -0.382 e. The highest BCUT2D eigenvalue weighted by Gasteiger charge is 2.18. The molecule has 0 radical (unpaired) electrons. The number of H-pyrrole nitrogens is 1. The van der Waals surface area contributed by atoms with Crippen LogP contribution in [0.15, 0.2) is 65.3 Å². The molecule has 0 aliphatic carbocycles. The van der Waals surface area contributed by atoms with Gasteiger partial charge in [-0.15, -0.1) is 11.3 Å². The number of nitrogens with two attached hydrogens (primary N) is 1. The van der Waals surface area contributed by atoms with E-state index in [0.717, 1.165) is 39.3 Å². The van der Waals surface area contributed by atoms with Crippen molar-refractivity contribution in [3.8, 4) is 22.6 Å². The monoisotopic (exact) mass is 523 g/mol. The van der Waals surface area contributed by atoms with Crippen molar-refractivity contribution >= 4 is 48.8 Å². The SMILES string of the molecule is CC(C)Nc1cc(Nc2ccc3ncsc3c2)ncc1-c1cnc(-c2ccc(F)c(S(N)(=O)=O)c2)[nH]1. The summed E-state index contributed by atoms with van der Waals surface area (Å²) in [5.41, 5.74) is 6.28. The Bertz CT molecular complexity index is 1680. The standard InChI is InChI=1S/C24H22FN7O2S2/c1-13(2)30-19-9-23(31-15-4-6-18-21(8-15)35-12-29-18)27-10-16(19)20-11-28-24(32-20)14-3-5-17(25)22(7-14)36(26,33)34/h3-13H,1-2H3,(H,28,32)(H2,26,33,34)(H2,27,30,31). The number of rotatable bonds is 7. The molecule has 36 heavy (non-hydrogen) atoms. The molecule has 0 bridgehead atoms. The van der Waals surface area contributed by atoms with E-state index in [4.69, 9.17) is 5.14 Å². The lowest BCUT2D eigenvalue weighted by molar-refractivity contribution is 0.568. The lowest BCUT2D eigenvalue weighted by Gasteiger charge is -2.16. The quantitative estimate of drug-likeness (QED) is 0.233. The number of imidazole rings is 1. The summed E-state index contributed by atoms with van der Waals surface area (Å²) in [4.78, 5) is 15.8. The highest BCUT2D eigenvalue weighted by atomic mass is 32.2. The van der Waals surface area contributed by atoms with Crippen molar-refractivity contribution < 1.29 is 12.8 Å². The van der Waals surface area contributed by atoms with Crippen molar-refractivity contribution in [3.05, 3.63) is 66.2 Å². The molecule has 0 atom stereocenters. The molecule has 12 heteroatoms. The van der Waals surface area contributed by atoms with Gasteiger partial charge >= 0.3 is 0 Å². The Morgan fingerprint density at radius 2 is 1.89 bits per heavy atom. The Balaban J connectivity index is 1.48. The van der Waals surface area contributed by atoms with Crippen LogP contribution in [0.2, 0.25) is 0 Å². The first kappa shape index (κ1) is 23.9. The predicted molar refractivity (Wildman–Crippen MR) is 140 cm³/mol. The van der Waals surface area contributed by atoms with Gasteiger partial charge in [0.15, 0.2) is 0 Å². The second-order valence-corrected chi connectivity index (χ2v) is 10.8. The summed E-state index contributed by atoms with van der Waals surface area (Å²) < 4.78 is 38.5. The van der Waals surface area contributed by atoms with Gasteiger partial charge in [0.1, 0.15) is 22.4 Å². The van der Waals surface area contributed by atoms with Gasteiger partial charge in [-0.05, 0) is 50.2 Å².